The monoisotopic (exact) mass is 560 g/mol. The fraction of sp³-hybridized carbons (Fsp3) is 0.273. The Hall–Kier alpha value is -4.76. The third kappa shape index (κ3) is 5.56. The average Bonchev–Trinajstić information content (AvgIpc) is 3.01. The highest BCUT2D eigenvalue weighted by molar-refractivity contribution is 5.87. The molecule has 0 spiro atoms. The van der Waals surface area contributed by atoms with Crippen LogP contribution in [-0.4, -0.2) is 51.1 Å². The summed E-state index contributed by atoms with van der Waals surface area (Å²) in [6.07, 6.45) is 5.93. The third-order valence-electron chi connectivity index (χ3n) is 8.10. The number of pyridine rings is 2. The molecule has 0 saturated carbocycles. The van der Waals surface area contributed by atoms with Gasteiger partial charge in [0.25, 0.3) is 5.56 Å². The van der Waals surface area contributed by atoms with Crippen LogP contribution in [0.2, 0.25) is 0 Å². The molecular formula is C33H36N8O. The molecule has 0 aliphatic carbocycles. The molecule has 0 radical (unpaired) electrons. The van der Waals surface area contributed by atoms with E-state index in [4.69, 9.17) is 5.73 Å². The van der Waals surface area contributed by atoms with Gasteiger partial charge in [-0.3, -0.25) is 9.36 Å². The number of fused-ring (bicyclic) bond motifs is 1. The second kappa shape index (κ2) is 11.6. The van der Waals surface area contributed by atoms with Crippen molar-refractivity contribution in [3.63, 3.8) is 0 Å². The number of anilines is 4. The lowest BCUT2D eigenvalue weighted by atomic mass is 9.89. The van der Waals surface area contributed by atoms with Crippen molar-refractivity contribution in [2.75, 3.05) is 43.0 Å². The van der Waals surface area contributed by atoms with E-state index >= 15 is 0 Å². The van der Waals surface area contributed by atoms with Gasteiger partial charge in [0, 0.05) is 53.9 Å². The number of rotatable bonds is 7. The summed E-state index contributed by atoms with van der Waals surface area (Å²) in [4.78, 5) is 29.7. The lowest BCUT2D eigenvalue weighted by Gasteiger charge is -2.29. The maximum Gasteiger partial charge on any atom is 0.259 e. The second-order valence-corrected chi connectivity index (χ2v) is 11.0. The number of hydrogen-bond acceptors (Lipinski definition) is 8. The minimum absolute atomic E-state index is 0.181. The Kier molecular flexibility index (Phi) is 7.58. The maximum atomic E-state index is 13.6. The van der Waals surface area contributed by atoms with Crippen molar-refractivity contribution in [2.24, 2.45) is 7.05 Å². The fourth-order valence-electron chi connectivity index (χ4n) is 5.63. The molecule has 9 nitrogen and oxygen atoms in total. The predicted octanol–water partition coefficient (Wildman–Crippen LogP) is 5.62. The number of nitrogen functional groups attached to an aromatic ring is 1. The van der Waals surface area contributed by atoms with Crippen LogP contribution in [0.1, 0.15) is 31.2 Å². The van der Waals surface area contributed by atoms with Gasteiger partial charge < -0.3 is 21.3 Å². The fourth-order valence-corrected chi connectivity index (χ4v) is 5.63. The topological polar surface area (TPSA) is 114 Å². The molecule has 214 valence electrons. The van der Waals surface area contributed by atoms with Crippen molar-refractivity contribution in [3.8, 4) is 22.3 Å². The predicted molar refractivity (Wildman–Crippen MR) is 171 cm³/mol. The SMILES string of the molecule is CCNc1ccc(-c2ccc(N)c(-c3cc4cnc(Nc5ccc(C6CCN(C)CC6)cc5)nc4n(C)c3=O)c2)cn1. The Morgan fingerprint density at radius 3 is 2.38 bits per heavy atom. The minimum Gasteiger partial charge on any atom is -0.398 e. The second-order valence-electron chi connectivity index (χ2n) is 11.0. The highest BCUT2D eigenvalue weighted by Crippen LogP contribution is 2.32. The average molecular weight is 561 g/mol. The first kappa shape index (κ1) is 27.4. The van der Waals surface area contributed by atoms with Gasteiger partial charge in [-0.05, 0) is 99.4 Å². The van der Waals surface area contributed by atoms with Crippen LogP contribution in [0.5, 0.6) is 0 Å². The first-order valence-electron chi connectivity index (χ1n) is 14.4. The molecule has 4 N–H and O–H groups in total. The van der Waals surface area contributed by atoms with Crippen molar-refractivity contribution in [1.82, 2.24) is 24.4 Å². The van der Waals surface area contributed by atoms with Crippen LogP contribution in [0.4, 0.5) is 23.1 Å². The molecule has 3 aromatic heterocycles. The zero-order valence-electron chi connectivity index (χ0n) is 24.3. The van der Waals surface area contributed by atoms with E-state index in [2.05, 4.69) is 61.8 Å². The summed E-state index contributed by atoms with van der Waals surface area (Å²) in [6.45, 7) is 5.10. The van der Waals surface area contributed by atoms with E-state index in [1.165, 1.54) is 18.4 Å². The normalized spacial score (nSPS) is 14.3. The minimum atomic E-state index is -0.181. The van der Waals surface area contributed by atoms with Gasteiger partial charge in [-0.1, -0.05) is 18.2 Å². The van der Waals surface area contributed by atoms with Gasteiger partial charge in [0.05, 0.1) is 5.56 Å². The Morgan fingerprint density at radius 2 is 1.67 bits per heavy atom. The number of nitrogens with two attached hydrogens (primary N) is 1. The van der Waals surface area contributed by atoms with Gasteiger partial charge in [-0.25, -0.2) is 9.97 Å². The Labute approximate surface area is 245 Å². The molecule has 0 atom stereocenters. The Bertz CT molecular complexity index is 1770. The van der Waals surface area contributed by atoms with Crippen molar-refractivity contribution in [3.05, 3.63) is 89.0 Å². The smallest absolute Gasteiger partial charge is 0.259 e. The molecule has 6 rings (SSSR count). The lowest BCUT2D eigenvalue weighted by molar-refractivity contribution is 0.255. The molecule has 0 amide bonds. The van der Waals surface area contributed by atoms with Crippen LogP contribution in [0.15, 0.2) is 77.9 Å². The Balaban J connectivity index is 1.27. The first-order valence-corrected chi connectivity index (χ1v) is 14.4. The number of likely N-dealkylation sites (tertiary alicyclic amines) is 1. The number of piperidine rings is 1. The zero-order chi connectivity index (χ0) is 29.2. The van der Waals surface area contributed by atoms with Gasteiger partial charge in [0.2, 0.25) is 5.95 Å². The molecule has 5 aromatic rings. The van der Waals surface area contributed by atoms with E-state index in [1.54, 1.807) is 17.8 Å². The maximum absolute atomic E-state index is 13.6. The highest BCUT2D eigenvalue weighted by atomic mass is 16.1. The summed E-state index contributed by atoms with van der Waals surface area (Å²) in [6, 6.07) is 20.0. The number of nitrogens with one attached hydrogen (secondary N) is 2. The number of aryl methyl sites for hydroxylation is 1. The van der Waals surface area contributed by atoms with Gasteiger partial charge in [0.15, 0.2) is 0 Å². The van der Waals surface area contributed by atoms with Crippen LogP contribution >= 0.6 is 0 Å². The van der Waals surface area contributed by atoms with Gasteiger partial charge in [-0.15, -0.1) is 0 Å². The molecule has 4 heterocycles. The van der Waals surface area contributed by atoms with Crippen LogP contribution in [0.3, 0.4) is 0 Å². The molecule has 1 fully saturated rings. The van der Waals surface area contributed by atoms with E-state index in [0.717, 1.165) is 47.7 Å². The van der Waals surface area contributed by atoms with E-state index < -0.39 is 0 Å². The van der Waals surface area contributed by atoms with E-state index in [1.807, 2.05) is 49.5 Å². The van der Waals surface area contributed by atoms with Crippen LogP contribution in [-0.2, 0) is 7.05 Å². The summed E-state index contributed by atoms with van der Waals surface area (Å²) in [5, 5.41) is 7.25. The van der Waals surface area contributed by atoms with Gasteiger partial charge in [-0.2, -0.15) is 4.98 Å². The molecule has 0 unspecified atom stereocenters. The molecule has 1 aliphatic heterocycles. The molecular weight excluding hydrogens is 524 g/mol. The van der Waals surface area contributed by atoms with E-state index in [-0.39, 0.29) is 5.56 Å². The third-order valence-corrected chi connectivity index (χ3v) is 8.10. The Morgan fingerprint density at radius 1 is 0.905 bits per heavy atom. The lowest BCUT2D eigenvalue weighted by Crippen LogP contribution is -2.29. The van der Waals surface area contributed by atoms with E-state index in [9.17, 15) is 4.79 Å². The van der Waals surface area contributed by atoms with E-state index in [0.29, 0.717) is 34.3 Å². The van der Waals surface area contributed by atoms with Crippen molar-refractivity contribution < 1.29 is 0 Å². The standard InChI is InChI=1S/C33H36N8O/c1-4-35-30-12-8-24(19-36-30)23-7-11-29(34)27(17-23)28-18-25-20-37-33(39-31(25)41(3)32(28)42)38-26-9-5-21(6-10-26)22-13-15-40(2)16-14-22/h5-12,17-20,22H,4,13-16,34H2,1-3H3,(H,35,36)(H,37,38,39). The quantitative estimate of drug-likeness (QED) is 0.220. The molecule has 1 aliphatic rings. The zero-order valence-corrected chi connectivity index (χ0v) is 24.3. The first-order chi connectivity index (χ1) is 20.4. The summed E-state index contributed by atoms with van der Waals surface area (Å²) in [5.41, 5.74) is 12.6. The summed E-state index contributed by atoms with van der Waals surface area (Å²) in [5.74, 6) is 1.86. The highest BCUT2D eigenvalue weighted by Gasteiger charge is 2.18. The molecule has 9 heteroatoms. The molecule has 1 saturated heterocycles. The largest absolute Gasteiger partial charge is 0.398 e. The van der Waals surface area contributed by atoms with Crippen molar-refractivity contribution in [1.29, 1.82) is 0 Å². The summed E-state index contributed by atoms with van der Waals surface area (Å²) in [7, 11) is 3.91. The molecule has 2 aromatic carbocycles. The number of nitrogens with zero attached hydrogens (tertiary/aromatic N) is 5. The van der Waals surface area contributed by atoms with Gasteiger partial charge in [0.1, 0.15) is 11.5 Å². The van der Waals surface area contributed by atoms with Gasteiger partial charge >= 0.3 is 0 Å². The van der Waals surface area contributed by atoms with Crippen molar-refractivity contribution >= 4 is 34.2 Å². The molecule has 42 heavy (non-hydrogen) atoms. The summed E-state index contributed by atoms with van der Waals surface area (Å²) >= 11 is 0. The molecule has 0 bridgehead atoms. The van der Waals surface area contributed by atoms with Crippen LogP contribution in [0.25, 0.3) is 33.3 Å². The van der Waals surface area contributed by atoms with Crippen LogP contribution < -0.4 is 21.9 Å². The number of hydrogen-bond donors (Lipinski definition) is 3. The van der Waals surface area contributed by atoms with Crippen LogP contribution in [0, 0.1) is 0 Å². The number of aromatic nitrogens is 4. The number of benzene rings is 2. The van der Waals surface area contributed by atoms with Crippen molar-refractivity contribution in [2.45, 2.75) is 25.7 Å². The summed E-state index contributed by atoms with van der Waals surface area (Å²) < 4.78 is 1.56.